The molecule has 0 saturated carbocycles. The predicted octanol–water partition coefficient (Wildman–Crippen LogP) is 0.910. The summed E-state index contributed by atoms with van der Waals surface area (Å²) >= 11 is 0. The van der Waals surface area contributed by atoms with Crippen molar-refractivity contribution in [3.8, 4) is 0 Å². The average molecular weight is 220 g/mol. The Kier molecular flexibility index (Phi) is 4.51. The summed E-state index contributed by atoms with van der Waals surface area (Å²) in [4.78, 5) is 23.9. The second-order valence-electron chi connectivity index (χ2n) is 3.56. The zero-order valence-electron chi connectivity index (χ0n) is 9.35. The van der Waals surface area contributed by atoms with E-state index < -0.39 is 5.91 Å². The van der Waals surface area contributed by atoms with Gasteiger partial charge in [0.1, 0.15) is 0 Å². The van der Waals surface area contributed by atoms with Gasteiger partial charge in [0.15, 0.2) is 0 Å². The van der Waals surface area contributed by atoms with Crippen LogP contribution in [0.4, 0.5) is 0 Å². The van der Waals surface area contributed by atoms with Crippen molar-refractivity contribution in [2.24, 2.45) is 5.73 Å². The molecule has 1 aromatic rings. The van der Waals surface area contributed by atoms with Gasteiger partial charge in [0, 0.05) is 13.0 Å². The third-order valence-electron chi connectivity index (χ3n) is 2.22. The molecule has 2 N–H and O–H groups in total. The highest BCUT2D eigenvalue weighted by Crippen LogP contribution is 2.05. The molecule has 0 heterocycles. The monoisotopic (exact) mass is 220 g/mol. The number of carbonyl (C=O) groups is 2. The Balaban J connectivity index is 2.70. The van der Waals surface area contributed by atoms with E-state index in [9.17, 15) is 9.59 Å². The average Bonchev–Trinajstić information content (AvgIpc) is 2.28. The van der Waals surface area contributed by atoms with Crippen LogP contribution in [0, 0.1) is 0 Å². The first kappa shape index (κ1) is 12.2. The topological polar surface area (TPSA) is 63.4 Å². The summed E-state index contributed by atoms with van der Waals surface area (Å²) < 4.78 is 0. The fourth-order valence-electron chi connectivity index (χ4n) is 1.45. The van der Waals surface area contributed by atoms with E-state index in [-0.39, 0.29) is 12.5 Å². The van der Waals surface area contributed by atoms with Gasteiger partial charge in [-0.2, -0.15) is 0 Å². The van der Waals surface area contributed by atoms with Gasteiger partial charge < -0.3 is 10.6 Å². The van der Waals surface area contributed by atoms with E-state index >= 15 is 0 Å². The molecule has 4 nitrogen and oxygen atoms in total. The third kappa shape index (κ3) is 3.73. The fourth-order valence-corrected chi connectivity index (χ4v) is 1.45. The van der Waals surface area contributed by atoms with Gasteiger partial charge in [-0.1, -0.05) is 37.3 Å². The summed E-state index contributed by atoms with van der Waals surface area (Å²) in [5.41, 5.74) is 6.10. The molecule has 2 amide bonds. The first-order valence-electron chi connectivity index (χ1n) is 5.23. The Morgan fingerprint density at radius 1 is 1.25 bits per heavy atom. The Labute approximate surface area is 95.0 Å². The van der Waals surface area contributed by atoms with Crippen molar-refractivity contribution < 1.29 is 9.59 Å². The number of primary amides is 1. The van der Waals surface area contributed by atoms with Gasteiger partial charge in [0.2, 0.25) is 11.8 Å². The van der Waals surface area contributed by atoms with E-state index in [0.717, 1.165) is 5.56 Å². The van der Waals surface area contributed by atoms with E-state index in [1.807, 2.05) is 30.3 Å². The third-order valence-corrected chi connectivity index (χ3v) is 2.22. The van der Waals surface area contributed by atoms with Gasteiger partial charge in [-0.15, -0.1) is 0 Å². The fraction of sp³-hybridized carbons (Fsp3) is 0.333. The second kappa shape index (κ2) is 5.90. The quantitative estimate of drug-likeness (QED) is 0.801. The highest BCUT2D eigenvalue weighted by Gasteiger charge is 2.13. The minimum Gasteiger partial charge on any atom is -0.368 e. The van der Waals surface area contributed by atoms with Crippen molar-refractivity contribution in [1.82, 2.24) is 4.90 Å². The van der Waals surface area contributed by atoms with E-state index in [1.54, 1.807) is 6.92 Å². The molecule has 0 aliphatic rings. The molecule has 0 radical (unpaired) electrons. The van der Waals surface area contributed by atoms with Gasteiger partial charge in [-0.25, -0.2) is 0 Å². The molecule has 0 aliphatic carbocycles. The molecule has 86 valence electrons. The van der Waals surface area contributed by atoms with Crippen LogP contribution in [0.15, 0.2) is 30.3 Å². The number of benzene rings is 1. The van der Waals surface area contributed by atoms with E-state index in [2.05, 4.69) is 0 Å². The molecular formula is C12H16N2O2. The van der Waals surface area contributed by atoms with Crippen LogP contribution in [0.2, 0.25) is 0 Å². The van der Waals surface area contributed by atoms with Crippen LogP contribution in [0.3, 0.4) is 0 Å². The zero-order valence-corrected chi connectivity index (χ0v) is 9.35. The molecule has 0 bridgehead atoms. The van der Waals surface area contributed by atoms with Crippen LogP contribution in [0.25, 0.3) is 0 Å². The molecule has 0 saturated heterocycles. The maximum atomic E-state index is 11.6. The molecule has 4 heteroatoms. The minimum atomic E-state index is -0.488. The Hall–Kier alpha value is -1.84. The Bertz CT molecular complexity index is 363. The van der Waals surface area contributed by atoms with Gasteiger partial charge in [-0.3, -0.25) is 9.59 Å². The SMILES string of the molecule is CCC(=O)N(CC(N)=O)Cc1ccccc1. The number of rotatable bonds is 5. The van der Waals surface area contributed by atoms with Crippen LogP contribution < -0.4 is 5.73 Å². The molecule has 16 heavy (non-hydrogen) atoms. The first-order valence-corrected chi connectivity index (χ1v) is 5.23. The number of hydrogen-bond donors (Lipinski definition) is 1. The Morgan fingerprint density at radius 3 is 2.38 bits per heavy atom. The second-order valence-corrected chi connectivity index (χ2v) is 3.56. The lowest BCUT2D eigenvalue weighted by Gasteiger charge is -2.20. The highest BCUT2D eigenvalue weighted by molar-refractivity contribution is 5.83. The largest absolute Gasteiger partial charge is 0.368 e. The number of carbonyl (C=O) groups excluding carboxylic acids is 2. The molecule has 1 aromatic carbocycles. The summed E-state index contributed by atoms with van der Waals surface area (Å²) in [6.07, 6.45) is 0.375. The molecule has 0 atom stereocenters. The van der Waals surface area contributed by atoms with Crippen molar-refractivity contribution in [1.29, 1.82) is 0 Å². The van der Waals surface area contributed by atoms with Gasteiger partial charge in [0.25, 0.3) is 0 Å². The van der Waals surface area contributed by atoms with Crippen molar-refractivity contribution in [3.05, 3.63) is 35.9 Å². The van der Waals surface area contributed by atoms with Gasteiger partial charge in [0.05, 0.1) is 6.54 Å². The molecular weight excluding hydrogens is 204 g/mol. The number of amides is 2. The predicted molar refractivity (Wildman–Crippen MR) is 61.3 cm³/mol. The lowest BCUT2D eigenvalue weighted by atomic mass is 10.2. The molecule has 1 rings (SSSR count). The lowest BCUT2D eigenvalue weighted by molar-refractivity contribution is -0.135. The smallest absolute Gasteiger partial charge is 0.237 e. The van der Waals surface area contributed by atoms with Gasteiger partial charge in [-0.05, 0) is 5.56 Å². The molecule has 0 aliphatic heterocycles. The van der Waals surface area contributed by atoms with Crippen LogP contribution in [-0.2, 0) is 16.1 Å². The summed E-state index contributed by atoms with van der Waals surface area (Å²) in [7, 11) is 0. The molecule has 0 unspecified atom stereocenters. The summed E-state index contributed by atoms with van der Waals surface area (Å²) in [5, 5.41) is 0. The maximum Gasteiger partial charge on any atom is 0.237 e. The zero-order chi connectivity index (χ0) is 12.0. The van der Waals surface area contributed by atoms with Crippen LogP contribution in [0.5, 0.6) is 0 Å². The minimum absolute atomic E-state index is 0.0262. The van der Waals surface area contributed by atoms with Crippen molar-refractivity contribution in [2.45, 2.75) is 19.9 Å². The van der Waals surface area contributed by atoms with Crippen LogP contribution in [0.1, 0.15) is 18.9 Å². The van der Waals surface area contributed by atoms with E-state index in [0.29, 0.717) is 13.0 Å². The standard InChI is InChI=1S/C12H16N2O2/c1-2-12(16)14(9-11(13)15)8-10-6-4-3-5-7-10/h3-7H,2,8-9H2,1H3,(H2,13,15). The van der Waals surface area contributed by atoms with E-state index in [1.165, 1.54) is 4.90 Å². The molecule has 0 spiro atoms. The van der Waals surface area contributed by atoms with Crippen LogP contribution in [-0.4, -0.2) is 23.3 Å². The van der Waals surface area contributed by atoms with E-state index in [4.69, 9.17) is 5.73 Å². The summed E-state index contributed by atoms with van der Waals surface area (Å²) in [6, 6.07) is 9.53. The van der Waals surface area contributed by atoms with Crippen LogP contribution >= 0.6 is 0 Å². The number of hydrogen-bond acceptors (Lipinski definition) is 2. The highest BCUT2D eigenvalue weighted by atomic mass is 16.2. The van der Waals surface area contributed by atoms with Crippen molar-refractivity contribution in [3.63, 3.8) is 0 Å². The number of nitrogens with two attached hydrogens (primary N) is 1. The Morgan fingerprint density at radius 2 is 1.88 bits per heavy atom. The maximum absolute atomic E-state index is 11.6. The molecule has 0 fully saturated rings. The molecule has 0 aromatic heterocycles. The number of nitrogens with zero attached hydrogens (tertiary/aromatic N) is 1. The van der Waals surface area contributed by atoms with Crippen molar-refractivity contribution in [2.75, 3.05) is 6.54 Å². The summed E-state index contributed by atoms with van der Waals surface area (Å²) in [6.45, 7) is 2.17. The van der Waals surface area contributed by atoms with Gasteiger partial charge >= 0.3 is 0 Å². The van der Waals surface area contributed by atoms with Crippen molar-refractivity contribution >= 4 is 11.8 Å². The lowest BCUT2D eigenvalue weighted by Crippen LogP contribution is -2.37. The first-order chi connectivity index (χ1) is 7.63. The normalized spacial score (nSPS) is 9.81. The summed E-state index contributed by atoms with van der Waals surface area (Å²) in [5.74, 6) is -0.555.